The van der Waals surface area contributed by atoms with Gasteiger partial charge < -0.3 is 10.5 Å². The van der Waals surface area contributed by atoms with Gasteiger partial charge in [0, 0.05) is 11.0 Å². The second-order valence-corrected chi connectivity index (χ2v) is 4.39. The van der Waals surface area contributed by atoms with Crippen molar-refractivity contribution < 1.29 is 4.74 Å². The van der Waals surface area contributed by atoms with Crippen molar-refractivity contribution in [1.29, 1.82) is 0 Å². The quantitative estimate of drug-likeness (QED) is 0.729. The molecule has 3 rings (SSSR count). The third-order valence-electron chi connectivity index (χ3n) is 3.75. The lowest BCUT2D eigenvalue weighted by atomic mass is 9.87. The zero-order valence-electron chi connectivity index (χ0n) is 8.20. The molecule has 2 nitrogen and oxygen atoms in total. The first-order chi connectivity index (χ1) is 6.87. The second-order valence-electron chi connectivity index (χ2n) is 4.39. The van der Waals surface area contributed by atoms with E-state index in [0.717, 1.165) is 25.3 Å². The maximum absolute atomic E-state index is 5.76. The van der Waals surface area contributed by atoms with Crippen LogP contribution in [0.3, 0.4) is 0 Å². The molecule has 1 fully saturated rings. The first-order valence-electron chi connectivity index (χ1n) is 5.29. The van der Waals surface area contributed by atoms with Crippen LogP contribution in [-0.4, -0.2) is 13.2 Å². The first-order valence-corrected chi connectivity index (χ1v) is 5.29. The summed E-state index contributed by atoms with van der Waals surface area (Å²) >= 11 is 0. The average molecular weight is 189 g/mol. The number of benzene rings is 1. The van der Waals surface area contributed by atoms with Crippen LogP contribution in [0.1, 0.15) is 18.4 Å². The van der Waals surface area contributed by atoms with E-state index in [4.69, 9.17) is 10.5 Å². The number of hydrogen-bond donors (Lipinski definition) is 1. The number of fused-ring (bicyclic) bond motifs is 2. The van der Waals surface area contributed by atoms with Crippen molar-refractivity contribution in [2.45, 2.75) is 18.3 Å². The highest BCUT2D eigenvalue weighted by molar-refractivity contribution is 5.46. The van der Waals surface area contributed by atoms with E-state index in [-0.39, 0.29) is 0 Å². The van der Waals surface area contributed by atoms with Crippen LogP contribution in [0.15, 0.2) is 24.3 Å². The largest absolute Gasteiger partial charge is 0.493 e. The van der Waals surface area contributed by atoms with Gasteiger partial charge in [-0.15, -0.1) is 0 Å². The highest BCUT2D eigenvalue weighted by Gasteiger charge is 2.56. The summed E-state index contributed by atoms with van der Waals surface area (Å²) in [4.78, 5) is 0. The molecule has 1 aromatic rings. The Labute approximate surface area is 84.1 Å². The Morgan fingerprint density at radius 2 is 2.29 bits per heavy atom. The van der Waals surface area contributed by atoms with E-state index >= 15 is 0 Å². The Bertz CT molecular complexity index is 363. The first kappa shape index (κ1) is 8.30. The van der Waals surface area contributed by atoms with E-state index < -0.39 is 0 Å². The summed E-state index contributed by atoms with van der Waals surface area (Å²) in [6.45, 7) is 1.67. The maximum Gasteiger partial charge on any atom is 0.123 e. The third-order valence-corrected chi connectivity index (χ3v) is 3.75. The van der Waals surface area contributed by atoms with Gasteiger partial charge in [-0.1, -0.05) is 18.2 Å². The predicted octanol–water partition coefficient (Wildman–Crippen LogP) is 1.69. The van der Waals surface area contributed by atoms with E-state index in [0.29, 0.717) is 11.3 Å². The summed E-state index contributed by atoms with van der Waals surface area (Å²) in [5.74, 6) is 1.77. The minimum absolute atomic E-state index is 0.379. The molecule has 0 unspecified atom stereocenters. The van der Waals surface area contributed by atoms with Crippen molar-refractivity contribution in [3.8, 4) is 5.75 Å². The van der Waals surface area contributed by atoms with Crippen molar-refractivity contribution >= 4 is 0 Å². The Morgan fingerprint density at radius 3 is 3.07 bits per heavy atom. The lowest BCUT2D eigenvalue weighted by Gasteiger charge is -2.26. The molecule has 2 atom stereocenters. The average Bonchev–Trinajstić information content (AvgIpc) is 2.94. The van der Waals surface area contributed by atoms with Gasteiger partial charge in [0.15, 0.2) is 0 Å². The summed E-state index contributed by atoms with van der Waals surface area (Å²) in [7, 11) is 0. The molecule has 1 aliphatic heterocycles. The molecule has 1 aromatic carbocycles. The maximum atomic E-state index is 5.76. The summed E-state index contributed by atoms with van der Waals surface area (Å²) in [6.07, 6.45) is 2.40. The fourth-order valence-corrected chi connectivity index (χ4v) is 2.81. The third kappa shape index (κ3) is 0.947. The topological polar surface area (TPSA) is 35.2 Å². The van der Waals surface area contributed by atoms with Gasteiger partial charge in [0.25, 0.3) is 0 Å². The normalized spacial score (nSPS) is 33.6. The van der Waals surface area contributed by atoms with Gasteiger partial charge >= 0.3 is 0 Å². The van der Waals surface area contributed by atoms with Crippen LogP contribution >= 0.6 is 0 Å². The van der Waals surface area contributed by atoms with Crippen LogP contribution in [0.2, 0.25) is 0 Å². The van der Waals surface area contributed by atoms with Crippen LogP contribution < -0.4 is 10.5 Å². The van der Waals surface area contributed by atoms with Crippen LogP contribution in [0.4, 0.5) is 0 Å². The van der Waals surface area contributed by atoms with Gasteiger partial charge in [0.1, 0.15) is 5.75 Å². The molecule has 2 aliphatic rings. The monoisotopic (exact) mass is 189 g/mol. The molecule has 1 spiro atoms. The SMILES string of the molecule is NC[C@@H]1C[C@]12CCOc1ccccc12. The van der Waals surface area contributed by atoms with Gasteiger partial charge in [0.2, 0.25) is 0 Å². The number of rotatable bonds is 1. The van der Waals surface area contributed by atoms with Crippen LogP contribution in [0.5, 0.6) is 5.75 Å². The molecule has 74 valence electrons. The van der Waals surface area contributed by atoms with Crippen molar-refractivity contribution in [3.63, 3.8) is 0 Å². The molecule has 2 heteroatoms. The summed E-state index contributed by atoms with van der Waals surface area (Å²) in [5, 5.41) is 0. The standard InChI is InChI=1S/C12H15NO/c13-8-9-7-12(9)5-6-14-11-4-2-1-3-10(11)12/h1-4,9H,5-8,13H2/t9-,12+/m0/s1. The lowest BCUT2D eigenvalue weighted by Crippen LogP contribution is -2.23. The molecule has 2 N–H and O–H groups in total. The molecule has 0 bridgehead atoms. The van der Waals surface area contributed by atoms with Gasteiger partial charge in [0.05, 0.1) is 6.61 Å². The fourth-order valence-electron chi connectivity index (χ4n) is 2.81. The van der Waals surface area contributed by atoms with Crippen molar-refractivity contribution in [1.82, 2.24) is 0 Å². The molecule has 0 radical (unpaired) electrons. The highest BCUT2D eigenvalue weighted by atomic mass is 16.5. The number of hydrogen-bond acceptors (Lipinski definition) is 2. The van der Waals surface area contributed by atoms with Crippen LogP contribution in [0.25, 0.3) is 0 Å². The second kappa shape index (κ2) is 2.74. The van der Waals surface area contributed by atoms with E-state index in [9.17, 15) is 0 Å². The van der Waals surface area contributed by atoms with E-state index in [1.807, 2.05) is 6.07 Å². The Morgan fingerprint density at radius 1 is 1.43 bits per heavy atom. The van der Waals surface area contributed by atoms with E-state index in [1.54, 1.807) is 0 Å². The molecule has 0 saturated heterocycles. The van der Waals surface area contributed by atoms with Crippen molar-refractivity contribution in [3.05, 3.63) is 29.8 Å². The molecule has 0 aromatic heterocycles. The Kier molecular flexibility index (Phi) is 1.62. The Hall–Kier alpha value is -1.02. The van der Waals surface area contributed by atoms with Gasteiger partial charge in [-0.3, -0.25) is 0 Å². The summed E-state index contributed by atoms with van der Waals surface area (Å²) < 4.78 is 5.65. The highest BCUT2D eigenvalue weighted by Crippen LogP contribution is 2.59. The zero-order valence-corrected chi connectivity index (χ0v) is 8.20. The van der Waals surface area contributed by atoms with E-state index in [2.05, 4.69) is 18.2 Å². The fraction of sp³-hybridized carbons (Fsp3) is 0.500. The summed E-state index contributed by atoms with van der Waals surface area (Å²) in [5.41, 5.74) is 7.52. The number of nitrogens with two attached hydrogens (primary N) is 1. The minimum atomic E-state index is 0.379. The van der Waals surface area contributed by atoms with Crippen molar-refractivity contribution in [2.24, 2.45) is 11.7 Å². The molecule has 1 saturated carbocycles. The molecular weight excluding hydrogens is 174 g/mol. The summed E-state index contributed by atoms with van der Waals surface area (Å²) in [6, 6.07) is 8.41. The van der Waals surface area contributed by atoms with Gasteiger partial charge in [-0.05, 0) is 31.4 Å². The Balaban J connectivity index is 2.05. The molecule has 14 heavy (non-hydrogen) atoms. The lowest BCUT2D eigenvalue weighted by molar-refractivity contribution is 0.254. The minimum Gasteiger partial charge on any atom is -0.493 e. The molecule has 1 aliphatic carbocycles. The van der Waals surface area contributed by atoms with Crippen LogP contribution in [-0.2, 0) is 5.41 Å². The number of ether oxygens (including phenoxy) is 1. The van der Waals surface area contributed by atoms with Crippen molar-refractivity contribution in [2.75, 3.05) is 13.2 Å². The van der Waals surface area contributed by atoms with E-state index in [1.165, 1.54) is 12.0 Å². The van der Waals surface area contributed by atoms with Gasteiger partial charge in [-0.25, -0.2) is 0 Å². The van der Waals surface area contributed by atoms with Gasteiger partial charge in [-0.2, -0.15) is 0 Å². The zero-order chi connectivity index (χ0) is 9.60. The van der Waals surface area contributed by atoms with Crippen LogP contribution in [0, 0.1) is 5.92 Å². The molecule has 1 heterocycles. The predicted molar refractivity (Wildman–Crippen MR) is 55.4 cm³/mol. The smallest absolute Gasteiger partial charge is 0.123 e. The number of para-hydroxylation sites is 1. The molecular formula is C12H15NO. The molecule has 0 amide bonds.